The number of nitrogens with one attached hydrogen (secondary N) is 1. The van der Waals surface area contributed by atoms with Crippen LogP contribution in [0.3, 0.4) is 0 Å². The monoisotopic (exact) mass is 297 g/mol. The Labute approximate surface area is 117 Å². The molecule has 2 aromatic heterocycles. The zero-order valence-corrected chi connectivity index (χ0v) is 11.9. The van der Waals surface area contributed by atoms with Crippen molar-refractivity contribution in [3.05, 3.63) is 38.2 Å². The number of hydrogen-bond acceptors (Lipinski definition) is 6. The van der Waals surface area contributed by atoms with Gasteiger partial charge >= 0.3 is 5.00 Å². The molecular formula is C11H11N3O3S2. The molecule has 0 fully saturated rings. The summed E-state index contributed by atoms with van der Waals surface area (Å²) in [5.74, 6) is -0.0851. The normalized spacial score (nSPS) is 10.7. The number of nitrogens with zero attached hydrogens (tertiary/aromatic N) is 2. The summed E-state index contributed by atoms with van der Waals surface area (Å²) in [5, 5.41) is 17.0. The minimum atomic E-state index is -0.512. The summed E-state index contributed by atoms with van der Waals surface area (Å²) >= 11 is 2.27. The smallest absolute Gasteiger partial charge is 0.298 e. The molecule has 0 saturated heterocycles. The second-order valence-corrected chi connectivity index (χ2v) is 5.86. The van der Waals surface area contributed by atoms with E-state index in [4.69, 9.17) is 0 Å². The Morgan fingerprint density at radius 2 is 2.16 bits per heavy atom. The number of aromatic nitrogens is 1. The molecule has 0 saturated carbocycles. The van der Waals surface area contributed by atoms with Crippen molar-refractivity contribution < 1.29 is 9.72 Å². The zero-order chi connectivity index (χ0) is 14.0. The Morgan fingerprint density at radius 1 is 1.42 bits per heavy atom. The second-order valence-electron chi connectivity index (χ2n) is 4.12. The molecule has 0 aromatic carbocycles. The molecule has 8 heteroatoms. The van der Waals surface area contributed by atoms with E-state index in [1.165, 1.54) is 22.8 Å². The van der Waals surface area contributed by atoms with Crippen molar-refractivity contribution in [2.75, 3.05) is 5.32 Å². The van der Waals surface area contributed by atoms with Gasteiger partial charge in [-0.2, -0.15) is 0 Å². The molecule has 0 atom stereocenters. The minimum absolute atomic E-state index is 0.0489. The van der Waals surface area contributed by atoms with E-state index >= 15 is 0 Å². The lowest BCUT2D eigenvalue weighted by molar-refractivity contribution is -0.380. The van der Waals surface area contributed by atoms with Gasteiger partial charge in [0.25, 0.3) is 5.91 Å². The van der Waals surface area contributed by atoms with E-state index in [0.29, 0.717) is 11.0 Å². The maximum absolute atomic E-state index is 11.9. The van der Waals surface area contributed by atoms with Crippen LogP contribution in [0.15, 0.2) is 16.8 Å². The number of anilines is 1. The highest BCUT2D eigenvalue weighted by molar-refractivity contribution is 7.14. The van der Waals surface area contributed by atoms with Gasteiger partial charge in [0, 0.05) is 16.8 Å². The molecule has 6 nitrogen and oxygen atoms in total. The Bertz CT molecular complexity index is 618. The van der Waals surface area contributed by atoms with Crippen molar-refractivity contribution in [3.8, 4) is 0 Å². The van der Waals surface area contributed by atoms with E-state index in [-0.39, 0.29) is 16.5 Å². The van der Waals surface area contributed by atoms with Crippen molar-refractivity contribution in [1.82, 2.24) is 4.98 Å². The maximum atomic E-state index is 11.9. The number of hydrogen-bond donors (Lipinski definition) is 1. The summed E-state index contributed by atoms with van der Waals surface area (Å²) in [4.78, 5) is 26.2. The Hall–Kier alpha value is -1.80. The molecule has 0 bridgehead atoms. The van der Waals surface area contributed by atoms with Gasteiger partial charge in [-0.3, -0.25) is 20.2 Å². The first kappa shape index (κ1) is 13.6. The van der Waals surface area contributed by atoms with Gasteiger partial charge in [0.15, 0.2) is 5.13 Å². The molecule has 0 radical (unpaired) electrons. The maximum Gasteiger partial charge on any atom is 0.324 e. The van der Waals surface area contributed by atoms with Gasteiger partial charge in [-0.25, -0.2) is 4.98 Å². The fraction of sp³-hybridized carbons (Fsp3) is 0.273. The van der Waals surface area contributed by atoms with E-state index < -0.39 is 4.92 Å². The number of carbonyl (C=O) groups is 1. The van der Waals surface area contributed by atoms with Crippen molar-refractivity contribution in [2.45, 2.75) is 19.8 Å². The number of thiazole rings is 1. The molecule has 2 rings (SSSR count). The average molecular weight is 297 g/mol. The van der Waals surface area contributed by atoms with Gasteiger partial charge < -0.3 is 0 Å². The molecule has 19 heavy (non-hydrogen) atoms. The lowest BCUT2D eigenvalue weighted by Crippen LogP contribution is -2.10. The molecule has 1 amide bonds. The van der Waals surface area contributed by atoms with Crippen molar-refractivity contribution in [3.63, 3.8) is 0 Å². The van der Waals surface area contributed by atoms with Crippen molar-refractivity contribution >= 4 is 38.7 Å². The van der Waals surface area contributed by atoms with E-state index in [1.807, 2.05) is 19.2 Å². The molecule has 2 heterocycles. The third kappa shape index (κ3) is 3.15. The van der Waals surface area contributed by atoms with Crippen LogP contribution in [0.5, 0.6) is 0 Å². The van der Waals surface area contributed by atoms with Gasteiger partial charge in [0.2, 0.25) is 0 Å². The molecule has 0 spiro atoms. The van der Waals surface area contributed by atoms with Crippen molar-refractivity contribution in [2.24, 2.45) is 0 Å². The van der Waals surface area contributed by atoms with Crippen LogP contribution in [-0.4, -0.2) is 15.8 Å². The lowest BCUT2D eigenvalue weighted by atomic mass is 10.2. The van der Waals surface area contributed by atoms with E-state index in [0.717, 1.165) is 17.0 Å². The van der Waals surface area contributed by atoms with Gasteiger partial charge in [0.1, 0.15) is 0 Å². The molecule has 2 aromatic rings. The van der Waals surface area contributed by atoms with Gasteiger partial charge in [-0.15, -0.1) is 11.3 Å². The first-order valence-corrected chi connectivity index (χ1v) is 7.23. The van der Waals surface area contributed by atoms with E-state index in [1.54, 1.807) is 0 Å². The van der Waals surface area contributed by atoms with Crippen LogP contribution in [0.25, 0.3) is 0 Å². The third-order valence-corrected chi connectivity index (χ3v) is 4.02. The van der Waals surface area contributed by atoms with Crippen LogP contribution in [0.1, 0.15) is 35.8 Å². The number of amides is 1. The van der Waals surface area contributed by atoms with E-state index in [9.17, 15) is 14.9 Å². The van der Waals surface area contributed by atoms with Crippen LogP contribution < -0.4 is 5.32 Å². The average Bonchev–Trinajstić information content (AvgIpc) is 2.96. The molecule has 100 valence electrons. The fourth-order valence-electron chi connectivity index (χ4n) is 1.32. The molecule has 0 aliphatic heterocycles. The van der Waals surface area contributed by atoms with Gasteiger partial charge in [-0.05, 0) is 5.92 Å². The van der Waals surface area contributed by atoms with Gasteiger partial charge in [-0.1, -0.05) is 25.2 Å². The Kier molecular flexibility index (Phi) is 3.91. The largest absolute Gasteiger partial charge is 0.324 e. The Morgan fingerprint density at radius 3 is 2.68 bits per heavy atom. The SMILES string of the molecule is CC(C)c1csc(NC(=O)c2csc([N+](=O)[O-])c2)n1. The highest BCUT2D eigenvalue weighted by Crippen LogP contribution is 2.25. The predicted molar refractivity (Wildman–Crippen MR) is 75.1 cm³/mol. The van der Waals surface area contributed by atoms with Crippen molar-refractivity contribution in [1.29, 1.82) is 0 Å². The van der Waals surface area contributed by atoms with Crippen LogP contribution in [-0.2, 0) is 0 Å². The Balaban J connectivity index is 2.09. The molecule has 0 unspecified atom stereocenters. The summed E-state index contributed by atoms with van der Waals surface area (Å²) in [6.45, 7) is 4.03. The summed E-state index contributed by atoms with van der Waals surface area (Å²) in [6.07, 6.45) is 0. The summed E-state index contributed by atoms with van der Waals surface area (Å²) < 4.78 is 0. The van der Waals surface area contributed by atoms with E-state index in [2.05, 4.69) is 10.3 Å². The molecule has 1 N–H and O–H groups in total. The fourth-order valence-corrected chi connectivity index (χ4v) is 2.89. The lowest BCUT2D eigenvalue weighted by Gasteiger charge is -1.99. The second kappa shape index (κ2) is 5.45. The highest BCUT2D eigenvalue weighted by atomic mass is 32.1. The molecule has 0 aliphatic carbocycles. The quantitative estimate of drug-likeness (QED) is 0.691. The van der Waals surface area contributed by atoms with Crippen LogP contribution in [0, 0.1) is 10.1 Å². The summed E-state index contributed by atoms with van der Waals surface area (Å²) in [7, 11) is 0. The van der Waals surface area contributed by atoms with Crippen LogP contribution in [0.4, 0.5) is 10.1 Å². The molecular weight excluding hydrogens is 286 g/mol. The summed E-state index contributed by atoms with van der Waals surface area (Å²) in [6, 6.07) is 1.26. The molecule has 0 aliphatic rings. The van der Waals surface area contributed by atoms with Crippen LogP contribution >= 0.6 is 22.7 Å². The first-order valence-electron chi connectivity index (χ1n) is 5.47. The third-order valence-electron chi connectivity index (χ3n) is 2.36. The first-order chi connectivity index (χ1) is 8.97. The standard InChI is InChI=1S/C11H11N3O3S2/c1-6(2)8-5-19-11(12-8)13-10(15)7-3-9(14(16)17)18-4-7/h3-6H,1-2H3,(H,12,13,15). The highest BCUT2D eigenvalue weighted by Gasteiger charge is 2.16. The summed E-state index contributed by atoms with van der Waals surface area (Å²) in [5.41, 5.74) is 1.19. The minimum Gasteiger partial charge on any atom is -0.298 e. The zero-order valence-electron chi connectivity index (χ0n) is 10.2. The predicted octanol–water partition coefficient (Wildman–Crippen LogP) is 3.49. The number of carbonyl (C=O) groups excluding carboxylic acids is 1. The number of thiophene rings is 1. The number of nitro groups is 1. The van der Waals surface area contributed by atoms with Crippen LogP contribution in [0.2, 0.25) is 0 Å². The topological polar surface area (TPSA) is 85.1 Å². The number of rotatable bonds is 4. The van der Waals surface area contributed by atoms with Gasteiger partial charge in [0.05, 0.1) is 16.2 Å².